The Bertz CT molecular complexity index is 495. The Hall–Kier alpha value is -1.61. The number of likely N-dealkylation sites (N-methyl/N-ethyl adjacent to an activating group) is 2. The molecule has 0 radical (unpaired) electrons. The molecular formula is C17H28N4O2. The fourth-order valence-corrected chi connectivity index (χ4v) is 3.27. The molecule has 1 heterocycles. The van der Waals surface area contributed by atoms with Gasteiger partial charge < -0.3 is 9.80 Å². The second-order valence-electron chi connectivity index (χ2n) is 7.38. The largest absolute Gasteiger partial charge is 0.335 e. The van der Waals surface area contributed by atoms with E-state index in [4.69, 9.17) is 0 Å². The Labute approximate surface area is 139 Å². The molecule has 0 spiro atoms. The highest BCUT2D eigenvalue weighted by Crippen LogP contribution is 2.34. The van der Waals surface area contributed by atoms with Crippen LogP contribution in [-0.2, 0) is 9.59 Å². The van der Waals surface area contributed by atoms with Gasteiger partial charge in [-0.1, -0.05) is 19.8 Å². The standard InChI is InChI=1S/C17H28N4O2/c1-12-7-14(9-18)21(10-12)16(22)11-20(4)17(23)15(19(2)3)8-13-5-6-13/h12-15H,5-8,10-11H2,1-4H3. The zero-order valence-electron chi connectivity index (χ0n) is 14.7. The first-order valence-electron chi connectivity index (χ1n) is 8.44. The molecule has 128 valence electrons. The molecule has 0 aromatic rings. The summed E-state index contributed by atoms with van der Waals surface area (Å²) >= 11 is 0. The molecule has 3 atom stereocenters. The first-order valence-corrected chi connectivity index (χ1v) is 8.44. The number of nitrogens with zero attached hydrogens (tertiary/aromatic N) is 4. The molecule has 2 rings (SSSR count). The zero-order chi connectivity index (χ0) is 17.1. The van der Waals surface area contributed by atoms with Crippen molar-refractivity contribution < 1.29 is 9.59 Å². The van der Waals surface area contributed by atoms with E-state index < -0.39 is 0 Å². The maximum Gasteiger partial charge on any atom is 0.243 e. The topological polar surface area (TPSA) is 67.6 Å². The molecule has 0 aromatic heterocycles. The van der Waals surface area contributed by atoms with Crippen molar-refractivity contribution in [1.82, 2.24) is 14.7 Å². The monoisotopic (exact) mass is 320 g/mol. The van der Waals surface area contributed by atoms with Crippen LogP contribution in [0.15, 0.2) is 0 Å². The van der Waals surface area contributed by atoms with Crippen molar-refractivity contribution in [3.63, 3.8) is 0 Å². The van der Waals surface area contributed by atoms with Gasteiger partial charge >= 0.3 is 0 Å². The summed E-state index contributed by atoms with van der Waals surface area (Å²) in [6.45, 7) is 2.71. The van der Waals surface area contributed by atoms with Crippen LogP contribution in [0.2, 0.25) is 0 Å². The van der Waals surface area contributed by atoms with Gasteiger partial charge in [-0.3, -0.25) is 14.5 Å². The van der Waals surface area contributed by atoms with E-state index in [1.807, 2.05) is 25.9 Å². The highest BCUT2D eigenvalue weighted by Gasteiger charge is 2.36. The first kappa shape index (κ1) is 17.7. The molecular weight excluding hydrogens is 292 g/mol. The predicted octanol–water partition coefficient (Wildman–Crippen LogP) is 0.936. The molecule has 2 aliphatic rings. The number of hydrogen-bond donors (Lipinski definition) is 0. The molecule has 1 aliphatic carbocycles. The van der Waals surface area contributed by atoms with Crippen LogP contribution < -0.4 is 0 Å². The molecule has 0 N–H and O–H groups in total. The molecule has 0 bridgehead atoms. The number of likely N-dealkylation sites (tertiary alicyclic amines) is 1. The average molecular weight is 320 g/mol. The van der Waals surface area contributed by atoms with Gasteiger partial charge in [-0.25, -0.2) is 0 Å². The van der Waals surface area contributed by atoms with Crippen molar-refractivity contribution in [1.29, 1.82) is 5.26 Å². The van der Waals surface area contributed by atoms with Crippen LogP contribution >= 0.6 is 0 Å². The quantitative estimate of drug-likeness (QED) is 0.730. The Balaban J connectivity index is 1.94. The minimum atomic E-state index is -0.350. The van der Waals surface area contributed by atoms with Crippen molar-refractivity contribution in [2.24, 2.45) is 11.8 Å². The minimum Gasteiger partial charge on any atom is -0.335 e. The third-order valence-corrected chi connectivity index (χ3v) is 4.89. The van der Waals surface area contributed by atoms with E-state index in [2.05, 4.69) is 6.07 Å². The summed E-state index contributed by atoms with van der Waals surface area (Å²) in [5.74, 6) is 0.864. The number of nitriles is 1. The number of hydrogen-bond acceptors (Lipinski definition) is 4. The lowest BCUT2D eigenvalue weighted by Crippen LogP contribution is -2.49. The Morgan fingerprint density at radius 1 is 1.30 bits per heavy atom. The van der Waals surface area contributed by atoms with Crippen molar-refractivity contribution in [3.05, 3.63) is 0 Å². The second kappa shape index (κ2) is 7.31. The van der Waals surface area contributed by atoms with Gasteiger partial charge in [0.15, 0.2) is 0 Å². The summed E-state index contributed by atoms with van der Waals surface area (Å²) < 4.78 is 0. The fraction of sp³-hybridized carbons (Fsp3) is 0.824. The maximum absolute atomic E-state index is 12.7. The average Bonchev–Trinajstić information content (AvgIpc) is 3.23. The SMILES string of the molecule is CC1CC(C#N)N(C(=O)CN(C)C(=O)C(CC2CC2)N(C)C)C1. The van der Waals surface area contributed by atoms with Crippen LogP contribution in [0.4, 0.5) is 0 Å². The van der Waals surface area contributed by atoms with E-state index in [-0.39, 0.29) is 30.4 Å². The molecule has 3 unspecified atom stereocenters. The van der Waals surface area contributed by atoms with Crippen molar-refractivity contribution in [2.75, 3.05) is 34.2 Å². The van der Waals surface area contributed by atoms with Gasteiger partial charge in [-0.15, -0.1) is 0 Å². The number of amides is 2. The smallest absolute Gasteiger partial charge is 0.243 e. The summed E-state index contributed by atoms with van der Waals surface area (Å²) in [5.41, 5.74) is 0. The summed E-state index contributed by atoms with van der Waals surface area (Å²) in [4.78, 5) is 30.2. The summed E-state index contributed by atoms with van der Waals surface area (Å²) in [6, 6.07) is 1.68. The van der Waals surface area contributed by atoms with Gasteiger partial charge in [0, 0.05) is 13.6 Å². The highest BCUT2D eigenvalue weighted by atomic mass is 16.2. The van der Waals surface area contributed by atoms with Gasteiger partial charge in [-0.05, 0) is 38.8 Å². The van der Waals surface area contributed by atoms with E-state index in [0.29, 0.717) is 18.4 Å². The summed E-state index contributed by atoms with van der Waals surface area (Å²) in [5, 5.41) is 9.18. The van der Waals surface area contributed by atoms with E-state index in [0.717, 1.165) is 12.8 Å². The fourth-order valence-electron chi connectivity index (χ4n) is 3.27. The van der Waals surface area contributed by atoms with Gasteiger partial charge in [0.25, 0.3) is 0 Å². The van der Waals surface area contributed by atoms with Crippen molar-refractivity contribution in [3.8, 4) is 6.07 Å². The van der Waals surface area contributed by atoms with Crippen LogP contribution in [-0.4, -0.2) is 72.8 Å². The minimum absolute atomic E-state index is 0.00370. The van der Waals surface area contributed by atoms with Crippen LogP contribution in [0.1, 0.15) is 32.6 Å². The molecule has 6 heteroatoms. The lowest BCUT2D eigenvalue weighted by atomic mass is 10.1. The van der Waals surface area contributed by atoms with Gasteiger partial charge in [0.2, 0.25) is 11.8 Å². The Morgan fingerprint density at radius 3 is 2.48 bits per heavy atom. The Kier molecular flexibility index (Phi) is 5.64. The first-order chi connectivity index (χ1) is 10.8. The second-order valence-corrected chi connectivity index (χ2v) is 7.38. The van der Waals surface area contributed by atoms with Gasteiger partial charge in [0.05, 0.1) is 18.7 Å². The molecule has 1 saturated carbocycles. The van der Waals surface area contributed by atoms with Crippen LogP contribution in [0.3, 0.4) is 0 Å². The maximum atomic E-state index is 12.7. The van der Waals surface area contributed by atoms with Gasteiger partial charge in [0.1, 0.15) is 6.04 Å². The third-order valence-electron chi connectivity index (χ3n) is 4.89. The molecule has 23 heavy (non-hydrogen) atoms. The van der Waals surface area contributed by atoms with E-state index in [9.17, 15) is 14.9 Å². The molecule has 6 nitrogen and oxygen atoms in total. The number of carbonyl (C=O) groups is 2. The van der Waals surface area contributed by atoms with Crippen LogP contribution in [0.5, 0.6) is 0 Å². The molecule has 0 aromatic carbocycles. The normalized spacial score (nSPS) is 25.3. The van der Waals surface area contributed by atoms with E-state index in [1.165, 1.54) is 17.7 Å². The molecule has 1 aliphatic heterocycles. The van der Waals surface area contributed by atoms with Crippen molar-refractivity contribution >= 4 is 11.8 Å². The van der Waals surface area contributed by atoms with E-state index >= 15 is 0 Å². The summed E-state index contributed by atoms with van der Waals surface area (Å²) in [7, 11) is 5.51. The molecule has 2 fully saturated rings. The van der Waals surface area contributed by atoms with Crippen LogP contribution in [0, 0.1) is 23.2 Å². The van der Waals surface area contributed by atoms with E-state index in [1.54, 1.807) is 11.9 Å². The lowest BCUT2D eigenvalue weighted by Gasteiger charge is -2.29. The molecule has 1 saturated heterocycles. The molecule has 2 amide bonds. The van der Waals surface area contributed by atoms with Crippen molar-refractivity contribution in [2.45, 2.75) is 44.7 Å². The third kappa shape index (κ3) is 4.44. The lowest BCUT2D eigenvalue weighted by molar-refractivity contribution is -0.142. The number of rotatable bonds is 6. The number of carbonyl (C=O) groups excluding carboxylic acids is 2. The predicted molar refractivity (Wildman–Crippen MR) is 87.3 cm³/mol. The Morgan fingerprint density at radius 2 is 1.96 bits per heavy atom. The zero-order valence-corrected chi connectivity index (χ0v) is 14.7. The highest BCUT2D eigenvalue weighted by molar-refractivity contribution is 5.87. The van der Waals surface area contributed by atoms with Crippen LogP contribution in [0.25, 0.3) is 0 Å². The van der Waals surface area contributed by atoms with Gasteiger partial charge in [-0.2, -0.15) is 5.26 Å². The summed E-state index contributed by atoms with van der Waals surface area (Å²) in [6.07, 6.45) is 4.00.